The van der Waals surface area contributed by atoms with Gasteiger partial charge in [0.1, 0.15) is 17.5 Å². The lowest BCUT2D eigenvalue weighted by atomic mass is 10.2. The lowest BCUT2D eigenvalue weighted by molar-refractivity contribution is 0.289. The van der Waals surface area contributed by atoms with Gasteiger partial charge in [-0.2, -0.15) is 0 Å². The van der Waals surface area contributed by atoms with Gasteiger partial charge in [0.25, 0.3) is 0 Å². The number of hydrogen-bond acceptors (Lipinski definition) is 5. The molecule has 1 aromatic heterocycles. The number of rotatable bonds is 7. The highest BCUT2D eigenvalue weighted by molar-refractivity contribution is 5.44. The van der Waals surface area contributed by atoms with Crippen LogP contribution in [0.15, 0.2) is 6.07 Å². The Hall–Kier alpha value is -1.36. The molecule has 5 nitrogen and oxygen atoms in total. The third-order valence-corrected chi connectivity index (χ3v) is 3.45. The molecule has 1 fully saturated rings. The molecule has 106 valence electrons. The van der Waals surface area contributed by atoms with E-state index in [1.165, 1.54) is 12.8 Å². The predicted molar refractivity (Wildman–Crippen MR) is 79.3 cm³/mol. The maximum atomic E-state index is 5.81. The second-order valence-electron chi connectivity index (χ2n) is 5.48. The van der Waals surface area contributed by atoms with Crippen LogP contribution in [0.4, 0.5) is 11.6 Å². The van der Waals surface area contributed by atoms with E-state index in [2.05, 4.69) is 41.0 Å². The molecule has 0 spiro atoms. The van der Waals surface area contributed by atoms with Gasteiger partial charge >= 0.3 is 0 Å². The second kappa shape index (κ2) is 6.19. The Morgan fingerprint density at radius 2 is 2.16 bits per heavy atom. The summed E-state index contributed by atoms with van der Waals surface area (Å²) in [7, 11) is 0. The molecule has 19 heavy (non-hydrogen) atoms. The zero-order chi connectivity index (χ0) is 13.8. The number of nitrogens with one attached hydrogen (secondary N) is 1. The quantitative estimate of drug-likeness (QED) is 0.788. The summed E-state index contributed by atoms with van der Waals surface area (Å²) in [5, 5.41) is 3.36. The van der Waals surface area contributed by atoms with Gasteiger partial charge in [0.05, 0.1) is 0 Å². The monoisotopic (exact) mass is 263 g/mol. The SMILES string of the molecule is CCN(CCNc1cc(N)nc(C(C)C)n1)C1CC1. The first-order valence-corrected chi connectivity index (χ1v) is 7.22. The lowest BCUT2D eigenvalue weighted by Gasteiger charge is -2.20. The van der Waals surface area contributed by atoms with Crippen LogP contribution in [0.2, 0.25) is 0 Å². The molecule has 3 N–H and O–H groups in total. The maximum absolute atomic E-state index is 5.81. The molecule has 0 atom stereocenters. The minimum Gasteiger partial charge on any atom is -0.384 e. The number of nitrogens with two attached hydrogens (primary N) is 1. The van der Waals surface area contributed by atoms with Crippen molar-refractivity contribution in [1.29, 1.82) is 0 Å². The van der Waals surface area contributed by atoms with Gasteiger partial charge in [-0.15, -0.1) is 0 Å². The van der Waals surface area contributed by atoms with Gasteiger partial charge in [0.2, 0.25) is 0 Å². The smallest absolute Gasteiger partial charge is 0.135 e. The summed E-state index contributed by atoms with van der Waals surface area (Å²) < 4.78 is 0. The standard InChI is InChI=1S/C14H25N5/c1-4-19(11-5-6-11)8-7-16-13-9-12(15)17-14(18-13)10(2)3/h9-11H,4-8H2,1-3H3,(H3,15,16,17,18). The molecular weight excluding hydrogens is 238 g/mol. The summed E-state index contributed by atoms with van der Waals surface area (Å²) in [6.07, 6.45) is 2.71. The van der Waals surface area contributed by atoms with Gasteiger partial charge < -0.3 is 11.1 Å². The Labute approximate surface area is 115 Å². The van der Waals surface area contributed by atoms with Crippen LogP contribution in [0.1, 0.15) is 45.4 Å². The zero-order valence-electron chi connectivity index (χ0n) is 12.2. The van der Waals surface area contributed by atoms with Gasteiger partial charge in [0, 0.05) is 31.1 Å². The highest BCUT2D eigenvalue weighted by atomic mass is 15.2. The summed E-state index contributed by atoms with van der Waals surface area (Å²) in [5.41, 5.74) is 5.81. The Balaban J connectivity index is 1.88. The van der Waals surface area contributed by atoms with Crippen LogP contribution >= 0.6 is 0 Å². The van der Waals surface area contributed by atoms with E-state index in [4.69, 9.17) is 5.73 Å². The van der Waals surface area contributed by atoms with E-state index >= 15 is 0 Å². The maximum Gasteiger partial charge on any atom is 0.135 e. The summed E-state index contributed by atoms with van der Waals surface area (Å²) in [6, 6.07) is 2.62. The van der Waals surface area contributed by atoms with Crippen molar-refractivity contribution in [3.05, 3.63) is 11.9 Å². The van der Waals surface area contributed by atoms with Crippen molar-refractivity contribution in [2.75, 3.05) is 30.7 Å². The van der Waals surface area contributed by atoms with Crippen molar-refractivity contribution in [2.24, 2.45) is 0 Å². The first kappa shape index (κ1) is 14.1. The van der Waals surface area contributed by atoms with Crippen LogP contribution in [-0.2, 0) is 0 Å². The number of hydrogen-bond donors (Lipinski definition) is 2. The fraction of sp³-hybridized carbons (Fsp3) is 0.714. The number of anilines is 2. The molecule has 1 aliphatic rings. The van der Waals surface area contributed by atoms with Crippen molar-refractivity contribution in [3.63, 3.8) is 0 Å². The lowest BCUT2D eigenvalue weighted by Crippen LogP contribution is -2.31. The number of nitrogens with zero attached hydrogens (tertiary/aromatic N) is 3. The first-order chi connectivity index (χ1) is 9.10. The largest absolute Gasteiger partial charge is 0.384 e. The number of aromatic nitrogens is 2. The molecule has 0 saturated heterocycles. The van der Waals surface area contributed by atoms with Gasteiger partial charge in [0.15, 0.2) is 0 Å². The van der Waals surface area contributed by atoms with Crippen molar-refractivity contribution >= 4 is 11.6 Å². The summed E-state index contributed by atoms with van der Waals surface area (Å²) in [6.45, 7) is 9.45. The second-order valence-corrected chi connectivity index (χ2v) is 5.48. The van der Waals surface area contributed by atoms with Gasteiger partial charge in [-0.05, 0) is 19.4 Å². The highest BCUT2D eigenvalue weighted by Gasteiger charge is 2.27. The molecule has 1 heterocycles. The molecule has 5 heteroatoms. The molecule has 1 aromatic rings. The van der Waals surface area contributed by atoms with E-state index in [9.17, 15) is 0 Å². The fourth-order valence-corrected chi connectivity index (χ4v) is 2.20. The van der Waals surface area contributed by atoms with Crippen molar-refractivity contribution in [3.8, 4) is 0 Å². The van der Waals surface area contributed by atoms with Crippen LogP contribution in [-0.4, -0.2) is 40.5 Å². The van der Waals surface area contributed by atoms with Crippen LogP contribution < -0.4 is 11.1 Å². The van der Waals surface area contributed by atoms with Gasteiger partial charge in [-0.25, -0.2) is 9.97 Å². The predicted octanol–water partition coefficient (Wildman–Crippen LogP) is 2.08. The highest BCUT2D eigenvalue weighted by Crippen LogP contribution is 2.26. The zero-order valence-corrected chi connectivity index (χ0v) is 12.2. The summed E-state index contributed by atoms with van der Waals surface area (Å²) in [5.74, 6) is 2.47. The Morgan fingerprint density at radius 3 is 2.74 bits per heavy atom. The Kier molecular flexibility index (Phi) is 4.58. The van der Waals surface area contributed by atoms with Crippen LogP contribution in [0.5, 0.6) is 0 Å². The van der Waals surface area contributed by atoms with E-state index in [0.717, 1.165) is 37.3 Å². The number of nitrogen functional groups attached to an aromatic ring is 1. The normalized spacial score (nSPS) is 15.2. The van der Waals surface area contributed by atoms with Gasteiger partial charge in [-0.1, -0.05) is 20.8 Å². The van der Waals surface area contributed by atoms with Crippen LogP contribution in [0.3, 0.4) is 0 Å². The minimum atomic E-state index is 0.294. The molecular formula is C14H25N5. The Morgan fingerprint density at radius 1 is 1.42 bits per heavy atom. The van der Waals surface area contributed by atoms with Crippen LogP contribution in [0.25, 0.3) is 0 Å². The first-order valence-electron chi connectivity index (χ1n) is 7.22. The van der Waals surface area contributed by atoms with Crippen LogP contribution in [0, 0.1) is 0 Å². The molecule has 1 aliphatic carbocycles. The molecule has 0 aliphatic heterocycles. The number of likely N-dealkylation sites (N-methyl/N-ethyl adjacent to an activating group) is 1. The molecule has 1 saturated carbocycles. The van der Waals surface area contributed by atoms with Crippen molar-refractivity contribution < 1.29 is 0 Å². The third kappa shape index (κ3) is 4.06. The fourth-order valence-electron chi connectivity index (χ4n) is 2.20. The Bertz CT molecular complexity index is 414. The van der Waals surface area contributed by atoms with E-state index in [1.54, 1.807) is 6.07 Å². The van der Waals surface area contributed by atoms with E-state index in [1.807, 2.05) is 0 Å². The molecule has 0 unspecified atom stereocenters. The van der Waals surface area contributed by atoms with Gasteiger partial charge in [-0.3, -0.25) is 4.90 Å². The topological polar surface area (TPSA) is 67.1 Å². The molecule has 0 amide bonds. The average Bonchev–Trinajstić information content (AvgIpc) is 3.18. The molecule has 0 bridgehead atoms. The molecule has 0 radical (unpaired) electrons. The molecule has 2 rings (SSSR count). The van der Waals surface area contributed by atoms with E-state index in [0.29, 0.717) is 11.7 Å². The summed E-state index contributed by atoms with van der Waals surface area (Å²) >= 11 is 0. The minimum absolute atomic E-state index is 0.294. The third-order valence-electron chi connectivity index (χ3n) is 3.45. The van der Waals surface area contributed by atoms with Crippen molar-refractivity contribution in [2.45, 2.75) is 45.6 Å². The van der Waals surface area contributed by atoms with E-state index in [-0.39, 0.29) is 0 Å². The summed E-state index contributed by atoms with van der Waals surface area (Å²) in [4.78, 5) is 11.3. The molecule has 0 aromatic carbocycles. The van der Waals surface area contributed by atoms with Crippen molar-refractivity contribution in [1.82, 2.24) is 14.9 Å². The average molecular weight is 263 g/mol. The van der Waals surface area contributed by atoms with E-state index < -0.39 is 0 Å².